The predicted molar refractivity (Wildman–Crippen MR) is 67.8 cm³/mol. The van der Waals surface area contributed by atoms with Gasteiger partial charge in [-0.05, 0) is 43.1 Å². The molecule has 0 saturated heterocycles. The van der Waals surface area contributed by atoms with Crippen LogP contribution < -0.4 is 11.3 Å². The number of hydrogen-bond acceptors (Lipinski definition) is 2. The van der Waals surface area contributed by atoms with E-state index in [1.807, 2.05) is 0 Å². The summed E-state index contributed by atoms with van der Waals surface area (Å²) >= 11 is 0. The molecule has 2 unspecified atom stereocenters. The molecule has 16 heavy (non-hydrogen) atoms. The molecule has 0 bridgehead atoms. The highest BCUT2D eigenvalue weighted by molar-refractivity contribution is 5.14. The Kier molecular flexibility index (Phi) is 3.97. The molecule has 0 amide bonds. The first-order valence-electron chi connectivity index (χ1n) is 6.31. The maximum atomic E-state index is 5.65. The first-order valence-corrected chi connectivity index (χ1v) is 6.31. The smallest absolute Gasteiger partial charge is 0.0241 e. The van der Waals surface area contributed by atoms with Crippen molar-refractivity contribution in [3.8, 4) is 0 Å². The van der Waals surface area contributed by atoms with Crippen LogP contribution in [0.15, 0.2) is 30.3 Å². The Hall–Kier alpha value is -0.860. The Labute approximate surface area is 98.2 Å². The van der Waals surface area contributed by atoms with Crippen LogP contribution in [0.3, 0.4) is 0 Å². The molecule has 1 aromatic carbocycles. The molecule has 0 spiro atoms. The van der Waals surface area contributed by atoms with Gasteiger partial charge >= 0.3 is 0 Å². The van der Waals surface area contributed by atoms with Gasteiger partial charge in [0.25, 0.3) is 0 Å². The summed E-state index contributed by atoms with van der Waals surface area (Å²) in [6.45, 7) is 2.33. The van der Waals surface area contributed by atoms with Gasteiger partial charge < -0.3 is 0 Å². The van der Waals surface area contributed by atoms with E-state index in [1.165, 1.54) is 18.4 Å². The Bertz CT molecular complexity index is 306. The second kappa shape index (κ2) is 5.46. The molecule has 0 aromatic heterocycles. The van der Waals surface area contributed by atoms with E-state index in [0.29, 0.717) is 12.0 Å². The third-order valence-corrected chi connectivity index (χ3v) is 3.80. The summed E-state index contributed by atoms with van der Waals surface area (Å²) in [5.41, 5.74) is 4.40. The first kappa shape index (κ1) is 11.6. The van der Waals surface area contributed by atoms with Crippen LogP contribution in [0.1, 0.15) is 31.7 Å². The SMILES string of the molecule is CC(C1CC1)C(CCc1ccccc1)NN. The Morgan fingerprint density at radius 2 is 2.00 bits per heavy atom. The summed E-state index contributed by atoms with van der Waals surface area (Å²) < 4.78 is 0. The van der Waals surface area contributed by atoms with Gasteiger partial charge in [-0.2, -0.15) is 0 Å². The third-order valence-electron chi connectivity index (χ3n) is 3.80. The third kappa shape index (κ3) is 3.06. The van der Waals surface area contributed by atoms with Crippen LogP contribution in [0.5, 0.6) is 0 Å². The summed E-state index contributed by atoms with van der Waals surface area (Å²) in [4.78, 5) is 0. The largest absolute Gasteiger partial charge is 0.271 e. The highest BCUT2D eigenvalue weighted by atomic mass is 15.2. The molecule has 1 fully saturated rings. The van der Waals surface area contributed by atoms with Crippen LogP contribution in [-0.2, 0) is 6.42 Å². The van der Waals surface area contributed by atoms with Crippen molar-refractivity contribution in [1.82, 2.24) is 5.43 Å². The normalized spacial score (nSPS) is 19.4. The second-order valence-corrected chi connectivity index (χ2v) is 4.99. The molecule has 2 atom stereocenters. The summed E-state index contributed by atoms with van der Waals surface area (Å²) in [6, 6.07) is 11.1. The first-order chi connectivity index (χ1) is 7.81. The molecule has 1 aromatic rings. The van der Waals surface area contributed by atoms with Gasteiger partial charge in [-0.1, -0.05) is 37.3 Å². The van der Waals surface area contributed by atoms with E-state index >= 15 is 0 Å². The summed E-state index contributed by atoms with van der Waals surface area (Å²) in [7, 11) is 0. The van der Waals surface area contributed by atoms with E-state index in [-0.39, 0.29) is 0 Å². The van der Waals surface area contributed by atoms with E-state index in [2.05, 4.69) is 42.7 Å². The summed E-state index contributed by atoms with van der Waals surface area (Å²) in [5.74, 6) is 7.28. The number of nitrogens with two attached hydrogens (primary N) is 1. The van der Waals surface area contributed by atoms with Crippen LogP contribution in [0, 0.1) is 11.8 Å². The van der Waals surface area contributed by atoms with Gasteiger partial charge in [0.2, 0.25) is 0 Å². The van der Waals surface area contributed by atoms with Gasteiger partial charge in [-0.3, -0.25) is 11.3 Å². The van der Waals surface area contributed by atoms with Crippen LogP contribution in [0.4, 0.5) is 0 Å². The molecule has 1 aliphatic rings. The minimum atomic E-state index is 0.465. The second-order valence-electron chi connectivity index (χ2n) is 4.99. The van der Waals surface area contributed by atoms with Crippen LogP contribution in [-0.4, -0.2) is 6.04 Å². The fourth-order valence-corrected chi connectivity index (χ4v) is 2.42. The van der Waals surface area contributed by atoms with Gasteiger partial charge in [0.15, 0.2) is 0 Å². The summed E-state index contributed by atoms with van der Waals surface area (Å²) in [5, 5.41) is 0. The lowest BCUT2D eigenvalue weighted by molar-refractivity contribution is 0.329. The molecule has 0 heterocycles. The van der Waals surface area contributed by atoms with Crippen molar-refractivity contribution in [3.05, 3.63) is 35.9 Å². The van der Waals surface area contributed by atoms with E-state index in [4.69, 9.17) is 5.84 Å². The van der Waals surface area contributed by atoms with Gasteiger partial charge in [-0.15, -0.1) is 0 Å². The number of hydrogen-bond donors (Lipinski definition) is 2. The lowest BCUT2D eigenvalue weighted by atomic mass is 9.92. The van der Waals surface area contributed by atoms with Gasteiger partial charge in [0.1, 0.15) is 0 Å². The molecule has 0 radical (unpaired) electrons. The fraction of sp³-hybridized carbons (Fsp3) is 0.571. The number of rotatable bonds is 6. The van der Waals surface area contributed by atoms with Crippen LogP contribution in [0.25, 0.3) is 0 Å². The fourth-order valence-electron chi connectivity index (χ4n) is 2.42. The van der Waals surface area contributed by atoms with E-state index in [9.17, 15) is 0 Å². The average Bonchev–Trinajstić information content (AvgIpc) is 3.15. The van der Waals surface area contributed by atoms with E-state index < -0.39 is 0 Å². The number of hydrazine groups is 1. The van der Waals surface area contributed by atoms with E-state index in [1.54, 1.807) is 0 Å². The molecule has 2 heteroatoms. The molecule has 1 saturated carbocycles. The average molecular weight is 218 g/mol. The molecular formula is C14H22N2. The van der Waals surface area contributed by atoms with Crippen molar-refractivity contribution < 1.29 is 0 Å². The van der Waals surface area contributed by atoms with Crippen LogP contribution >= 0.6 is 0 Å². The number of benzene rings is 1. The number of aryl methyl sites for hydroxylation is 1. The Balaban J connectivity index is 1.82. The van der Waals surface area contributed by atoms with Crippen molar-refractivity contribution in [2.45, 2.75) is 38.6 Å². The highest BCUT2D eigenvalue weighted by Crippen LogP contribution is 2.38. The van der Waals surface area contributed by atoms with Gasteiger partial charge in [0, 0.05) is 6.04 Å². The molecule has 2 rings (SSSR count). The van der Waals surface area contributed by atoms with Crippen molar-refractivity contribution in [2.24, 2.45) is 17.7 Å². The lowest BCUT2D eigenvalue weighted by Crippen LogP contribution is -2.41. The van der Waals surface area contributed by atoms with Crippen LogP contribution in [0.2, 0.25) is 0 Å². The lowest BCUT2D eigenvalue weighted by Gasteiger charge is -2.23. The molecule has 88 valence electrons. The zero-order valence-corrected chi connectivity index (χ0v) is 10.0. The zero-order chi connectivity index (χ0) is 11.4. The maximum absolute atomic E-state index is 5.65. The topological polar surface area (TPSA) is 38.0 Å². The molecule has 0 aliphatic heterocycles. The van der Waals surface area contributed by atoms with Crippen molar-refractivity contribution in [2.75, 3.05) is 0 Å². The Morgan fingerprint density at radius 1 is 1.31 bits per heavy atom. The standard InChI is InChI=1S/C14H22N2/c1-11(13-8-9-13)14(16-15)10-7-12-5-3-2-4-6-12/h2-6,11,13-14,16H,7-10,15H2,1H3. The number of nitrogens with one attached hydrogen (secondary N) is 1. The predicted octanol–water partition coefficient (Wildman–Crippen LogP) is 2.50. The molecule has 1 aliphatic carbocycles. The summed E-state index contributed by atoms with van der Waals surface area (Å²) in [6.07, 6.45) is 5.04. The molecular weight excluding hydrogens is 196 g/mol. The van der Waals surface area contributed by atoms with Crippen molar-refractivity contribution in [3.63, 3.8) is 0 Å². The zero-order valence-electron chi connectivity index (χ0n) is 10.0. The van der Waals surface area contributed by atoms with Crippen molar-refractivity contribution >= 4 is 0 Å². The van der Waals surface area contributed by atoms with E-state index in [0.717, 1.165) is 18.8 Å². The van der Waals surface area contributed by atoms with Gasteiger partial charge in [-0.25, -0.2) is 0 Å². The molecule has 2 nitrogen and oxygen atoms in total. The monoisotopic (exact) mass is 218 g/mol. The minimum Gasteiger partial charge on any atom is -0.271 e. The Morgan fingerprint density at radius 3 is 2.56 bits per heavy atom. The highest BCUT2D eigenvalue weighted by Gasteiger charge is 2.32. The van der Waals surface area contributed by atoms with Gasteiger partial charge in [0.05, 0.1) is 0 Å². The minimum absolute atomic E-state index is 0.465. The maximum Gasteiger partial charge on any atom is 0.0241 e. The molecule has 3 N–H and O–H groups in total. The quantitative estimate of drug-likeness (QED) is 0.568. The van der Waals surface area contributed by atoms with Crippen molar-refractivity contribution in [1.29, 1.82) is 0 Å².